The van der Waals surface area contributed by atoms with Crippen molar-refractivity contribution < 1.29 is 4.52 Å². The van der Waals surface area contributed by atoms with Gasteiger partial charge in [0.05, 0.1) is 23.6 Å². The maximum absolute atomic E-state index is 5.36. The average molecular weight is 410 g/mol. The van der Waals surface area contributed by atoms with Gasteiger partial charge < -0.3 is 9.09 Å². The topological polar surface area (TPSA) is 43.9 Å². The van der Waals surface area contributed by atoms with Gasteiger partial charge >= 0.3 is 0 Å². The molecule has 1 atom stereocenters. The van der Waals surface area contributed by atoms with Gasteiger partial charge in [0.1, 0.15) is 11.3 Å². The number of aromatic nitrogens is 3. The highest BCUT2D eigenvalue weighted by Crippen LogP contribution is 2.35. The molecule has 4 rings (SSSR count). The minimum Gasteiger partial charge on any atom is -0.361 e. The second kappa shape index (κ2) is 6.72. The van der Waals surface area contributed by atoms with Gasteiger partial charge in [0.25, 0.3) is 0 Å². The van der Waals surface area contributed by atoms with Crippen molar-refractivity contribution in [3.63, 3.8) is 0 Å². The van der Waals surface area contributed by atoms with Crippen LogP contribution < -0.4 is 0 Å². The molecule has 1 unspecified atom stereocenters. The molecule has 0 bridgehead atoms. The summed E-state index contributed by atoms with van der Waals surface area (Å²) in [4.78, 5) is 4.66. The summed E-state index contributed by atoms with van der Waals surface area (Å²) < 4.78 is 8.60. The first-order valence-electron chi connectivity index (χ1n) is 8.74. The second-order valence-electron chi connectivity index (χ2n) is 6.51. The van der Waals surface area contributed by atoms with E-state index in [1.165, 1.54) is 5.56 Å². The quantitative estimate of drug-likeness (QED) is 0.410. The van der Waals surface area contributed by atoms with Crippen molar-refractivity contribution in [2.24, 2.45) is 0 Å². The zero-order chi connectivity index (χ0) is 18.3. The third-order valence-corrected chi connectivity index (χ3v) is 5.47. The van der Waals surface area contributed by atoms with E-state index in [0.717, 1.165) is 44.5 Å². The zero-order valence-electron chi connectivity index (χ0n) is 15.0. The first-order valence-corrected chi connectivity index (χ1v) is 9.53. The molecule has 4 aromatic rings. The molecule has 2 aromatic heterocycles. The van der Waals surface area contributed by atoms with Gasteiger partial charge in [-0.25, -0.2) is 4.98 Å². The van der Waals surface area contributed by atoms with Crippen molar-refractivity contribution in [3.05, 3.63) is 70.3 Å². The molecular weight excluding hydrogens is 390 g/mol. The number of fused-ring (bicyclic) bond motifs is 1. The minimum absolute atomic E-state index is 0.244. The molecule has 132 valence electrons. The van der Waals surface area contributed by atoms with E-state index < -0.39 is 0 Å². The number of imidazole rings is 1. The lowest BCUT2D eigenvalue weighted by molar-refractivity contribution is 0.393. The minimum atomic E-state index is 0.244. The summed E-state index contributed by atoms with van der Waals surface area (Å²) in [7, 11) is 0. The Hall–Kier alpha value is -2.40. The molecule has 4 nitrogen and oxygen atoms in total. The first kappa shape index (κ1) is 17.0. The summed E-state index contributed by atoms with van der Waals surface area (Å²) in [6.45, 7) is 6.13. The molecule has 0 aliphatic rings. The third-order valence-electron chi connectivity index (χ3n) is 4.86. The molecule has 0 fully saturated rings. The van der Waals surface area contributed by atoms with Crippen LogP contribution in [0.25, 0.3) is 22.2 Å². The summed E-state index contributed by atoms with van der Waals surface area (Å²) in [5.74, 6) is 0.829. The molecule has 0 saturated heterocycles. The maximum Gasteiger partial charge on any atom is 0.141 e. The molecule has 0 saturated carbocycles. The predicted octanol–water partition coefficient (Wildman–Crippen LogP) is 6.07. The van der Waals surface area contributed by atoms with E-state index in [1.54, 1.807) is 0 Å². The van der Waals surface area contributed by atoms with Crippen LogP contribution in [-0.2, 0) is 0 Å². The molecule has 26 heavy (non-hydrogen) atoms. The molecule has 2 heterocycles. The van der Waals surface area contributed by atoms with E-state index in [0.29, 0.717) is 0 Å². The van der Waals surface area contributed by atoms with Gasteiger partial charge in [-0.15, -0.1) is 0 Å². The summed E-state index contributed by atoms with van der Waals surface area (Å²) in [6.07, 6.45) is 2.93. The van der Waals surface area contributed by atoms with Gasteiger partial charge in [-0.3, -0.25) is 0 Å². The van der Waals surface area contributed by atoms with Crippen LogP contribution >= 0.6 is 15.9 Å². The van der Waals surface area contributed by atoms with E-state index in [9.17, 15) is 0 Å². The van der Waals surface area contributed by atoms with Crippen molar-refractivity contribution >= 4 is 27.0 Å². The Balaban J connectivity index is 1.92. The summed E-state index contributed by atoms with van der Waals surface area (Å²) >= 11 is 3.70. The fourth-order valence-corrected chi connectivity index (χ4v) is 4.20. The van der Waals surface area contributed by atoms with Crippen LogP contribution in [0.5, 0.6) is 0 Å². The van der Waals surface area contributed by atoms with E-state index in [4.69, 9.17) is 4.52 Å². The van der Waals surface area contributed by atoms with Gasteiger partial charge in [0.15, 0.2) is 0 Å². The van der Waals surface area contributed by atoms with Crippen LogP contribution in [0.1, 0.15) is 36.4 Å². The maximum atomic E-state index is 5.36. The van der Waals surface area contributed by atoms with Gasteiger partial charge in [0.2, 0.25) is 0 Å². The lowest BCUT2D eigenvalue weighted by Crippen LogP contribution is -2.08. The van der Waals surface area contributed by atoms with Crippen LogP contribution in [-0.4, -0.2) is 14.7 Å². The molecular formula is C21H20BrN3O. The average Bonchev–Trinajstić information content (AvgIpc) is 3.21. The number of halogens is 1. The number of rotatable bonds is 4. The van der Waals surface area contributed by atoms with Gasteiger partial charge in [-0.2, -0.15) is 0 Å². The summed E-state index contributed by atoms with van der Waals surface area (Å²) in [5.41, 5.74) is 6.39. The standard InChI is InChI=1S/C21H20BrN3O/c1-4-18(15-8-6-5-7-9-15)25-12-23-21-17(22)10-16(11-19(21)25)20-13(2)24-26-14(20)3/h5-12,18H,4H2,1-3H3. The highest BCUT2D eigenvalue weighted by Gasteiger charge is 2.19. The van der Waals surface area contributed by atoms with Gasteiger partial charge in [0, 0.05) is 10.0 Å². The summed E-state index contributed by atoms with van der Waals surface area (Å²) in [5, 5.41) is 4.10. The zero-order valence-corrected chi connectivity index (χ0v) is 16.6. The fraction of sp³-hybridized carbons (Fsp3) is 0.238. The van der Waals surface area contributed by atoms with Crippen LogP contribution in [0.15, 0.2) is 57.8 Å². The number of nitrogens with zero attached hydrogens (tertiary/aromatic N) is 3. The summed E-state index contributed by atoms with van der Waals surface area (Å²) in [6, 6.07) is 15.1. The van der Waals surface area contributed by atoms with E-state index in [1.807, 2.05) is 26.2 Å². The predicted molar refractivity (Wildman–Crippen MR) is 107 cm³/mol. The van der Waals surface area contributed by atoms with E-state index in [2.05, 4.69) is 74.0 Å². The molecule has 2 aromatic carbocycles. The van der Waals surface area contributed by atoms with Crippen LogP contribution in [0.2, 0.25) is 0 Å². The van der Waals surface area contributed by atoms with Gasteiger partial charge in [-0.1, -0.05) is 42.4 Å². The Morgan fingerprint density at radius 1 is 1.15 bits per heavy atom. The number of hydrogen-bond donors (Lipinski definition) is 0. The molecule has 0 aliphatic heterocycles. The SMILES string of the molecule is CCC(c1ccccc1)n1cnc2c(Br)cc(-c3c(C)noc3C)cc21. The van der Waals surface area contributed by atoms with E-state index in [-0.39, 0.29) is 6.04 Å². The molecule has 0 amide bonds. The third kappa shape index (κ3) is 2.76. The Morgan fingerprint density at radius 2 is 1.92 bits per heavy atom. The Morgan fingerprint density at radius 3 is 2.58 bits per heavy atom. The van der Waals surface area contributed by atoms with Crippen molar-refractivity contribution in [2.45, 2.75) is 33.2 Å². The van der Waals surface area contributed by atoms with Crippen LogP contribution in [0.4, 0.5) is 0 Å². The second-order valence-corrected chi connectivity index (χ2v) is 7.37. The molecule has 0 radical (unpaired) electrons. The normalized spacial score (nSPS) is 12.6. The molecule has 0 N–H and O–H groups in total. The largest absolute Gasteiger partial charge is 0.361 e. The number of aryl methyl sites for hydroxylation is 2. The highest BCUT2D eigenvalue weighted by atomic mass is 79.9. The number of benzene rings is 2. The van der Waals surface area contributed by atoms with Crippen molar-refractivity contribution in [3.8, 4) is 11.1 Å². The molecule has 0 spiro atoms. The lowest BCUT2D eigenvalue weighted by atomic mass is 10.0. The smallest absolute Gasteiger partial charge is 0.141 e. The van der Waals surface area contributed by atoms with E-state index >= 15 is 0 Å². The first-order chi connectivity index (χ1) is 12.6. The Kier molecular flexibility index (Phi) is 4.41. The molecule has 0 aliphatic carbocycles. The van der Waals surface area contributed by atoms with Crippen LogP contribution in [0, 0.1) is 13.8 Å². The lowest BCUT2D eigenvalue weighted by Gasteiger charge is -2.18. The van der Waals surface area contributed by atoms with Gasteiger partial charge in [-0.05, 0) is 59.5 Å². The monoisotopic (exact) mass is 409 g/mol. The van der Waals surface area contributed by atoms with Crippen LogP contribution in [0.3, 0.4) is 0 Å². The Labute approximate surface area is 161 Å². The fourth-order valence-electron chi connectivity index (χ4n) is 3.65. The molecule has 5 heteroatoms. The Bertz CT molecular complexity index is 1050. The van der Waals surface area contributed by atoms with Crippen molar-refractivity contribution in [1.29, 1.82) is 0 Å². The highest BCUT2D eigenvalue weighted by molar-refractivity contribution is 9.10. The van der Waals surface area contributed by atoms with Crippen molar-refractivity contribution in [2.75, 3.05) is 0 Å². The van der Waals surface area contributed by atoms with Crippen molar-refractivity contribution in [1.82, 2.24) is 14.7 Å². The number of hydrogen-bond acceptors (Lipinski definition) is 3.